The van der Waals surface area contributed by atoms with E-state index in [1.54, 1.807) is 7.05 Å². The summed E-state index contributed by atoms with van der Waals surface area (Å²) in [5, 5.41) is 6.53. The van der Waals surface area contributed by atoms with E-state index < -0.39 is 0 Å². The zero-order valence-electron chi connectivity index (χ0n) is 15.1. The first kappa shape index (κ1) is 23.0. The predicted octanol–water partition coefficient (Wildman–Crippen LogP) is 3.23. The number of hydrogen-bond donors (Lipinski definition) is 2. The fraction of sp³-hybridized carbons (Fsp3) is 0.611. The van der Waals surface area contributed by atoms with Gasteiger partial charge in [0.1, 0.15) is 5.75 Å². The third kappa shape index (κ3) is 10.7. The van der Waals surface area contributed by atoms with Crippen molar-refractivity contribution in [3.05, 3.63) is 29.8 Å². The molecule has 0 unspecified atom stereocenters. The zero-order chi connectivity index (χ0) is 16.8. The summed E-state index contributed by atoms with van der Waals surface area (Å²) in [4.78, 5) is 4.19. The van der Waals surface area contributed by atoms with Crippen molar-refractivity contribution in [1.29, 1.82) is 0 Å². The molecule has 0 radical (unpaired) electrons. The Hall–Kier alpha value is -1.02. The lowest BCUT2D eigenvalue weighted by Gasteiger charge is -2.12. The van der Waals surface area contributed by atoms with E-state index in [1.165, 1.54) is 5.56 Å². The standard InChI is InChI=1S/C18H31N3O2.HI/c1-4-6-14-23-17-9-7-16(8-10-17)11-12-20-18(19-3)21-13-15-22-5-2;/h7-10H,4-6,11-15H2,1-3H3,(H2,19,20,21);1H. The van der Waals surface area contributed by atoms with Gasteiger partial charge in [-0.05, 0) is 37.5 Å². The molecule has 0 saturated carbocycles. The third-order valence-electron chi connectivity index (χ3n) is 3.36. The van der Waals surface area contributed by atoms with E-state index in [-0.39, 0.29) is 24.0 Å². The molecular weight excluding hydrogens is 417 g/mol. The van der Waals surface area contributed by atoms with Crippen LogP contribution in [0.2, 0.25) is 0 Å². The highest BCUT2D eigenvalue weighted by Crippen LogP contribution is 2.12. The molecule has 1 aromatic carbocycles. The Labute approximate surface area is 163 Å². The number of halogens is 1. The third-order valence-corrected chi connectivity index (χ3v) is 3.36. The molecule has 2 N–H and O–H groups in total. The Morgan fingerprint density at radius 2 is 1.75 bits per heavy atom. The smallest absolute Gasteiger partial charge is 0.191 e. The molecular formula is C18H32IN3O2. The first-order chi connectivity index (χ1) is 11.3. The van der Waals surface area contributed by atoms with Crippen LogP contribution < -0.4 is 15.4 Å². The summed E-state index contributed by atoms with van der Waals surface area (Å²) in [5.74, 6) is 1.76. The lowest BCUT2D eigenvalue weighted by Crippen LogP contribution is -2.39. The highest BCUT2D eigenvalue weighted by atomic mass is 127. The van der Waals surface area contributed by atoms with Crippen LogP contribution in [0.5, 0.6) is 5.75 Å². The van der Waals surface area contributed by atoms with Crippen LogP contribution in [0, 0.1) is 0 Å². The lowest BCUT2D eigenvalue weighted by atomic mass is 10.1. The second kappa shape index (κ2) is 15.5. The van der Waals surface area contributed by atoms with Crippen molar-refractivity contribution in [1.82, 2.24) is 10.6 Å². The van der Waals surface area contributed by atoms with Gasteiger partial charge in [-0.15, -0.1) is 24.0 Å². The summed E-state index contributed by atoms with van der Waals surface area (Å²) in [6.07, 6.45) is 3.20. The molecule has 0 aliphatic carbocycles. The van der Waals surface area contributed by atoms with Gasteiger partial charge in [-0.1, -0.05) is 25.5 Å². The van der Waals surface area contributed by atoms with Crippen LogP contribution in [0.1, 0.15) is 32.3 Å². The minimum Gasteiger partial charge on any atom is -0.494 e. The molecule has 0 aliphatic heterocycles. The average Bonchev–Trinajstić information content (AvgIpc) is 2.58. The molecule has 0 saturated heterocycles. The van der Waals surface area contributed by atoms with Gasteiger partial charge in [0.2, 0.25) is 0 Å². The summed E-state index contributed by atoms with van der Waals surface area (Å²) in [7, 11) is 1.78. The Balaban J connectivity index is 0.00000529. The van der Waals surface area contributed by atoms with Crippen molar-refractivity contribution in [2.24, 2.45) is 4.99 Å². The molecule has 6 heteroatoms. The van der Waals surface area contributed by atoms with E-state index in [4.69, 9.17) is 9.47 Å². The van der Waals surface area contributed by atoms with Gasteiger partial charge in [0.05, 0.1) is 13.2 Å². The largest absolute Gasteiger partial charge is 0.494 e. The number of ether oxygens (including phenoxy) is 2. The fourth-order valence-electron chi connectivity index (χ4n) is 2.02. The van der Waals surface area contributed by atoms with Gasteiger partial charge < -0.3 is 20.1 Å². The highest BCUT2D eigenvalue weighted by Gasteiger charge is 1.99. The summed E-state index contributed by atoms with van der Waals surface area (Å²) < 4.78 is 11.0. The fourth-order valence-corrected chi connectivity index (χ4v) is 2.02. The van der Waals surface area contributed by atoms with Crippen molar-refractivity contribution >= 4 is 29.9 Å². The van der Waals surface area contributed by atoms with Crippen molar-refractivity contribution in [3.8, 4) is 5.75 Å². The summed E-state index contributed by atoms with van der Waals surface area (Å²) in [6.45, 7) is 7.98. The van der Waals surface area contributed by atoms with Crippen molar-refractivity contribution in [3.63, 3.8) is 0 Å². The predicted molar refractivity (Wildman–Crippen MR) is 112 cm³/mol. The summed E-state index contributed by atoms with van der Waals surface area (Å²) in [5.41, 5.74) is 1.28. The van der Waals surface area contributed by atoms with Gasteiger partial charge in [-0.2, -0.15) is 0 Å². The highest BCUT2D eigenvalue weighted by molar-refractivity contribution is 14.0. The molecule has 24 heavy (non-hydrogen) atoms. The molecule has 0 spiro atoms. The molecule has 0 aromatic heterocycles. The number of aliphatic imine (C=N–C) groups is 1. The molecule has 1 aromatic rings. The zero-order valence-corrected chi connectivity index (χ0v) is 17.5. The van der Waals surface area contributed by atoms with E-state index >= 15 is 0 Å². The number of nitrogens with zero attached hydrogens (tertiary/aromatic N) is 1. The first-order valence-electron chi connectivity index (χ1n) is 8.54. The minimum atomic E-state index is 0. The van der Waals surface area contributed by atoms with Crippen molar-refractivity contribution < 1.29 is 9.47 Å². The van der Waals surface area contributed by atoms with Crippen LogP contribution in [0.25, 0.3) is 0 Å². The molecule has 1 rings (SSSR count). The topological polar surface area (TPSA) is 54.9 Å². The Morgan fingerprint density at radius 1 is 1.04 bits per heavy atom. The SMILES string of the molecule is CCCCOc1ccc(CCNC(=NC)NCCOCC)cc1.I. The summed E-state index contributed by atoms with van der Waals surface area (Å²) in [6, 6.07) is 8.32. The minimum absolute atomic E-state index is 0. The molecule has 0 fully saturated rings. The quantitative estimate of drug-likeness (QED) is 0.236. The molecule has 0 heterocycles. The lowest BCUT2D eigenvalue weighted by molar-refractivity contribution is 0.152. The first-order valence-corrected chi connectivity index (χ1v) is 8.54. The number of rotatable bonds is 11. The van der Waals surface area contributed by atoms with E-state index in [2.05, 4.69) is 34.7 Å². The maximum atomic E-state index is 5.67. The second-order valence-corrected chi connectivity index (χ2v) is 5.22. The Kier molecular flexibility index (Phi) is 14.8. The van der Waals surface area contributed by atoms with E-state index in [1.807, 2.05) is 19.1 Å². The number of nitrogens with one attached hydrogen (secondary N) is 2. The Bertz CT molecular complexity index is 438. The summed E-state index contributed by atoms with van der Waals surface area (Å²) >= 11 is 0. The number of guanidine groups is 1. The monoisotopic (exact) mass is 449 g/mol. The van der Waals surface area contributed by atoms with Gasteiger partial charge >= 0.3 is 0 Å². The molecule has 0 atom stereocenters. The van der Waals surface area contributed by atoms with Crippen LogP contribution in [-0.4, -0.2) is 45.9 Å². The van der Waals surface area contributed by atoms with Gasteiger partial charge in [0.25, 0.3) is 0 Å². The molecule has 5 nitrogen and oxygen atoms in total. The molecule has 0 amide bonds. The van der Waals surface area contributed by atoms with Crippen LogP contribution in [0.3, 0.4) is 0 Å². The number of hydrogen-bond acceptors (Lipinski definition) is 3. The van der Waals surface area contributed by atoms with Crippen molar-refractivity contribution in [2.75, 3.05) is 40.0 Å². The Morgan fingerprint density at radius 3 is 2.38 bits per heavy atom. The van der Waals surface area contributed by atoms with Crippen LogP contribution >= 0.6 is 24.0 Å². The normalized spacial score (nSPS) is 10.9. The van der Waals surface area contributed by atoms with Gasteiger partial charge in [0, 0.05) is 26.7 Å². The van der Waals surface area contributed by atoms with Gasteiger partial charge in [-0.25, -0.2) is 0 Å². The van der Waals surface area contributed by atoms with Crippen LogP contribution in [0.4, 0.5) is 0 Å². The van der Waals surface area contributed by atoms with Gasteiger partial charge in [-0.3, -0.25) is 4.99 Å². The molecule has 138 valence electrons. The second-order valence-electron chi connectivity index (χ2n) is 5.22. The number of benzene rings is 1. The average molecular weight is 449 g/mol. The maximum Gasteiger partial charge on any atom is 0.191 e. The number of unbranched alkanes of at least 4 members (excludes halogenated alkanes) is 1. The molecule has 0 aliphatic rings. The van der Waals surface area contributed by atoms with Crippen LogP contribution in [-0.2, 0) is 11.2 Å². The van der Waals surface area contributed by atoms with Gasteiger partial charge in [0.15, 0.2) is 5.96 Å². The molecule has 0 bridgehead atoms. The van der Waals surface area contributed by atoms with E-state index in [0.29, 0.717) is 6.61 Å². The maximum absolute atomic E-state index is 5.67. The van der Waals surface area contributed by atoms with E-state index in [0.717, 1.165) is 57.3 Å². The van der Waals surface area contributed by atoms with E-state index in [9.17, 15) is 0 Å². The van der Waals surface area contributed by atoms with Crippen LogP contribution in [0.15, 0.2) is 29.3 Å². The van der Waals surface area contributed by atoms with Crippen molar-refractivity contribution in [2.45, 2.75) is 33.1 Å².